The average Bonchev–Trinajstić information content (AvgIpc) is 3.12. The van der Waals surface area contributed by atoms with E-state index >= 15 is 0 Å². The van der Waals surface area contributed by atoms with Crippen LogP contribution < -0.4 is 16.4 Å². The van der Waals surface area contributed by atoms with E-state index < -0.39 is 35.8 Å². The van der Waals surface area contributed by atoms with Gasteiger partial charge in [-0.05, 0) is 49.4 Å². The van der Waals surface area contributed by atoms with Gasteiger partial charge in [-0.1, -0.05) is 6.07 Å². The number of nitrogens with two attached hydrogens (primary N) is 1. The molecule has 4 rings (SSSR count). The minimum absolute atomic E-state index is 0.0957. The van der Waals surface area contributed by atoms with E-state index in [-0.39, 0.29) is 30.0 Å². The number of nitrogens with one attached hydrogen (secondary N) is 2. The van der Waals surface area contributed by atoms with Gasteiger partial charge in [0, 0.05) is 19.0 Å². The minimum atomic E-state index is -0.959. The summed E-state index contributed by atoms with van der Waals surface area (Å²) < 4.78 is 0. The average molecular weight is 400 g/mol. The van der Waals surface area contributed by atoms with E-state index in [1.54, 1.807) is 18.2 Å². The van der Waals surface area contributed by atoms with Gasteiger partial charge in [0.15, 0.2) is 0 Å². The van der Waals surface area contributed by atoms with Gasteiger partial charge in [-0.15, -0.1) is 0 Å². The number of fused-ring (bicyclic) bond motifs is 1. The Morgan fingerprint density at radius 2 is 1.90 bits per heavy atom. The highest BCUT2D eigenvalue weighted by molar-refractivity contribution is 6.23. The SMILES string of the molecule is N[C@@H]1C[C@H](CNCc2ccc3c(c2)C(=O)N(C2CCC(=O)NC2=O)C3=O)C[C@H]1O. The molecule has 29 heavy (non-hydrogen) atoms. The van der Waals surface area contributed by atoms with Crippen molar-refractivity contribution >= 4 is 23.6 Å². The van der Waals surface area contributed by atoms with Crippen LogP contribution in [0, 0.1) is 5.92 Å². The molecular formula is C20H24N4O5. The molecule has 0 bridgehead atoms. The molecule has 1 saturated heterocycles. The third-order valence-electron chi connectivity index (χ3n) is 5.94. The normalized spacial score (nSPS) is 29.4. The largest absolute Gasteiger partial charge is 0.392 e. The number of rotatable bonds is 5. The van der Waals surface area contributed by atoms with Crippen LogP contribution >= 0.6 is 0 Å². The van der Waals surface area contributed by atoms with Gasteiger partial charge in [-0.2, -0.15) is 0 Å². The zero-order valence-electron chi connectivity index (χ0n) is 15.9. The minimum Gasteiger partial charge on any atom is -0.392 e. The van der Waals surface area contributed by atoms with Crippen molar-refractivity contribution < 1.29 is 24.3 Å². The number of aliphatic hydroxyl groups excluding tert-OH is 1. The van der Waals surface area contributed by atoms with Crippen molar-refractivity contribution in [2.75, 3.05) is 6.54 Å². The molecule has 3 aliphatic rings. The Morgan fingerprint density at radius 3 is 2.59 bits per heavy atom. The monoisotopic (exact) mass is 400 g/mol. The number of carbonyl (C=O) groups excluding carboxylic acids is 4. The molecule has 1 aromatic rings. The van der Waals surface area contributed by atoms with Crippen LogP contribution in [0.25, 0.3) is 0 Å². The van der Waals surface area contributed by atoms with Crippen LogP contribution in [0.2, 0.25) is 0 Å². The van der Waals surface area contributed by atoms with Crippen molar-refractivity contribution in [1.29, 1.82) is 0 Å². The van der Waals surface area contributed by atoms with Crippen LogP contribution in [0.3, 0.4) is 0 Å². The second-order valence-corrected chi connectivity index (χ2v) is 8.03. The molecule has 5 N–H and O–H groups in total. The van der Waals surface area contributed by atoms with E-state index in [0.29, 0.717) is 25.4 Å². The maximum absolute atomic E-state index is 12.8. The van der Waals surface area contributed by atoms with E-state index in [1.165, 1.54) is 0 Å². The van der Waals surface area contributed by atoms with Gasteiger partial charge in [-0.25, -0.2) is 0 Å². The second kappa shape index (κ2) is 7.66. The first-order valence-corrected chi connectivity index (χ1v) is 9.84. The predicted octanol–water partition coefficient (Wildman–Crippen LogP) is -0.724. The molecule has 0 radical (unpaired) electrons. The Morgan fingerprint density at radius 1 is 1.14 bits per heavy atom. The summed E-state index contributed by atoms with van der Waals surface area (Å²) in [4.78, 5) is 49.9. The molecule has 1 aromatic carbocycles. The number of piperidine rings is 1. The number of benzene rings is 1. The summed E-state index contributed by atoms with van der Waals surface area (Å²) in [6.45, 7) is 1.21. The van der Waals surface area contributed by atoms with Gasteiger partial charge in [-0.3, -0.25) is 29.4 Å². The first-order valence-electron chi connectivity index (χ1n) is 9.84. The molecule has 1 saturated carbocycles. The summed E-state index contributed by atoms with van der Waals surface area (Å²) >= 11 is 0. The number of aliphatic hydroxyl groups is 1. The van der Waals surface area contributed by atoms with Gasteiger partial charge in [0.1, 0.15) is 6.04 Å². The lowest BCUT2D eigenvalue weighted by Gasteiger charge is -2.27. The maximum atomic E-state index is 12.8. The third kappa shape index (κ3) is 3.68. The summed E-state index contributed by atoms with van der Waals surface area (Å²) in [5.74, 6) is -1.72. The summed E-state index contributed by atoms with van der Waals surface area (Å²) in [6, 6.07) is 3.92. The topological polar surface area (TPSA) is 142 Å². The summed E-state index contributed by atoms with van der Waals surface area (Å²) in [5.41, 5.74) is 7.23. The highest BCUT2D eigenvalue weighted by Crippen LogP contribution is 2.28. The summed E-state index contributed by atoms with van der Waals surface area (Å²) in [6.07, 6.45) is 1.22. The standard InChI is InChI=1S/C20H24N4O5/c21-14-6-11(7-16(14)25)9-22-8-10-1-2-12-13(5-10)20(29)24(19(12)28)15-3-4-17(26)23-18(15)27/h1-2,5,11,14-16,22,25H,3-4,6-9,21H2,(H,23,26,27)/t11-,14+,15?,16+/m0/s1. The molecule has 9 heteroatoms. The lowest BCUT2D eigenvalue weighted by molar-refractivity contribution is -0.136. The maximum Gasteiger partial charge on any atom is 0.262 e. The molecule has 4 atom stereocenters. The lowest BCUT2D eigenvalue weighted by atomic mass is 10.0. The van der Waals surface area contributed by atoms with Crippen LogP contribution in [0.1, 0.15) is 52.0 Å². The zero-order valence-corrected chi connectivity index (χ0v) is 15.9. The molecule has 1 aliphatic carbocycles. The fraction of sp³-hybridized carbons (Fsp3) is 0.500. The number of hydrogen-bond acceptors (Lipinski definition) is 7. The van der Waals surface area contributed by atoms with Gasteiger partial charge in [0.25, 0.3) is 11.8 Å². The fourth-order valence-electron chi connectivity index (χ4n) is 4.37. The van der Waals surface area contributed by atoms with Crippen LogP contribution in [0.15, 0.2) is 18.2 Å². The van der Waals surface area contributed by atoms with E-state index in [0.717, 1.165) is 16.9 Å². The van der Waals surface area contributed by atoms with Crippen molar-refractivity contribution in [1.82, 2.24) is 15.5 Å². The van der Waals surface area contributed by atoms with Crippen molar-refractivity contribution in [3.63, 3.8) is 0 Å². The smallest absolute Gasteiger partial charge is 0.262 e. The molecule has 4 amide bonds. The number of imide groups is 2. The first kappa shape index (κ1) is 19.7. The third-order valence-corrected chi connectivity index (χ3v) is 5.94. The van der Waals surface area contributed by atoms with Crippen LogP contribution in [0.4, 0.5) is 0 Å². The Bertz CT molecular complexity index is 876. The quantitative estimate of drug-likeness (QED) is 0.478. The van der Waals surface area contributed by atoms with Crippen LogP contribution in [-0.4, -0.2) is 58.4 Å². The first-order chi connectivity index (χ1) is 13.8. The molecule has 9 nitrogen and oxygen atoms in total. The number of hydrogen-bond donors (Lipinski definition) is 4. The fourth-order valence-corrected chi connectivity index (χ4v) is 4.37. The van der Waals surface area contributed by atoms with Crippen LogP contribution in [-0.2, 0) is 16.1 Å². The Hall–Kier alpha value is -2.62. The van der Waals surface area contributed by atoms with Gasteiger partial charge >= 0.3 is 0 Å². The van der Waals surface area contributed by atoms with E-state index in [2.05, 4.69) is 10.6 Å². The van der Waals surface area contributed by atoms with Crippen molar-refractivity contribution in [3.05, 3.63) is 34.9 Å². The summed E-state index contributed by atoms with van der Waals surface area (Å²) in [5, 5.41) is 15.2. The van der Waals surface area contributed by atoms with E-state index in [4.69, 9.17) is 5.73 Å². The van der Waals surface area contributed by atoms with Gasteiger partial charge in [0.05, 0.1) is 17.2 Å². The van der Waals surface area contributed by atoms with Crippen LogP contribution in [0.5, 0.6) is 0 Å². The van der Waals surface area contributed by atoms with Crippen molar-refractivity contribution in [3.8, 4) is 0 Å². The van der Waals surface area contributed by atoms with Gasteiger partial charge < -0.3 is 16.2 Å². The predicted molar refractivity (Wildman–Crippen MR) is 102 cm³/mol. The van der Waals surface area contributed by atoms with Crippen molar-refractivity contribution in [2.24, 2.45) is 11.7 Å². The highest BCUT2D eigenvalue weighted by atomic mass is 16.3. The Labute approximate surface area is 167 Å². The molecule has 1 unspecified atom stereocenters. The molecule has 154 valence electrons. The number of carbonyl (C=O) groups is 4. The lowest BCUT2D eigenvalue weighted by Crippen LogP contribution is -2.54. The Kier molecular flexibility index (Phi) is 5.20. The second-order valence-electron chi connectivity index (χ2n) is 8.03. The Balaban J connectivity index is 1.42. The zero-order chi connectivity index (χ0) is 20.7. The number of nitrogens with zero attached hydrogens (tertiary/aromatic N) is 1. The van der Waals surface area contributed by atoms with Crippen molar-refractivity contribution in [2.45, 2.75) is 50.4 Å². The van der Waals surface area contributed by atoms with E-state index in [9.17, 15) is 24.3 Å². The summed E-state index contributed by atoms with van der Waals surface area (Å²) in [7, 11) is 0. The molecular weight excluding hydrogens is 376 g/mol. The molecule has 0 aromatic heterocycles. The molecule has 2 aliphatic heterocycles. The number of amides is 4. The van der Waals surface area contributed by atoms with Gasteiger partial charge in [0.2, 0.25) is 11.8 Å². The molecule has 2 fully saturated rings. The highest BCUT2D eigenvalue weighted by Gasteiger charge is 2.44. The van der Waals surface area contributed by atoms with E-state index in [1.807, 2.05) is 0 Å². The molecule has 2 heterocycles. The molecule has 0 spiro atoms.